The number of carboxylic acids is 2. The molecule has 0 saturated carbocycles. The fraction of sp³-hybridized carbons (Fsp3) is 0.308. The fourth-order valence-electron chi connectivity index (χ4n) is 1.43. The lowest BCUT2D eigenvalue weighted by molar-refractivity contribution is 0.0498. The van der Waals surface area contributed by atoms with Crippen molar-refractivity contribution in [3.63, 3.8) is 0 Å². The number of ether oxygens (including phenoxy) is 1. The molecule has 1 aromatic rings. The van der Waals surface area contributed by atoms with Crippen molar-refractivity contribution >= 4 is 17.9 Å². The van der Waals surface area contributed by atoms with Gasteiger partial charge < -0.3 is 14.9 Å². The van der Waals surface area contributed by atoms with Gasteiger partial charge in [-0.1, -0.05) is 13.3 Å². The molecule has 0 aliphatic rings. The van der Waals surface area contributed by atoms with Gasteiger partial charge in [-0.15, -0.1) is 0 Å². The van der Waals surface area contributed by atoms with Crippen LogP contribution in [0.5, 0.6) is 0 Å². The van der Waals surface area contributed by atoms with Crippen molar-refractivity contribution in [1.29, 1.82) is 0 Å². The van der Waals surface area contributed by atoms with Crippen LogP contribution < -0.4 is 0 Å². The lowest BCUT2D eigenvalue weighted by Gasteiger charge is -2.06. The Morgan fingerprint density at radius 1 is 1.11 bits per heavy atom. The molecule has 0 unspecified atom stereocenters. The molecular formula is C13H14O6. The van der Waals surface area contributed by atoms with Gasteiger partial charge in [-0.05, 0) is 24.6 Å². The zero-order chi connectivity index (χ0) is 14.4. The average molecular weight is 266 g/mol. The van der Waals surface area contributed by atoms with Gasteiger partial charge in [0.05, 0.1) is 23.3 Å². The van der Waals surface area contributed by atoms with Gasteiger partial charge in [0, 0.05) is 0 Å². The molecule has 2 N–H and O–H groups in total. The predicted octanol–water partition coefficient (Wildman–Crippen LogP) is 2.04. The molecule has 0 amide bonds. The smallest absolute Gasteiger partial charge is 0.338 e. The molecule has 102 valence electrons. The summed E-state index contributed by atoms with van der Waals surface area (Å²) < 4.78 is 4.92. The predicted molar refractivity (Wildman–Crippen MR) is 65.6 cm³/mol. The second-order valence-electron chi connectivity index (χ2n) is 3.86. The van der Waals surface area contributed by atoms with Crippen molar-refractivity contribution in [2.75, 3.05) is 6.61 Å². The summed E-state index contributed by atoms with van der Waals surface area (Å²) in [5.41, 5.74) is -0.770. The highest BCUT2D eigenvalue weighted by Gasteiger charge is 2.18. The molecular weight excluding hydrogens is 252 g/mol. The third-order valence-electron chi connectivity index (χ3n) is 2.45. The lowest BCUT2D eigenvalue weighted by atomic mass is 10.0. The van der Waals surface area contributed by atoms with E-state index in [0.29, 0.717) is 6.42 Å². The Kier molecular flexibility index (Phi) is 5.05. The average Bonchev–Trinajstić information content (AvgIpc) is 2.38. The lowest BCUT2D eigenvalue weighted by Crippen LogP contribution is -2.12. The van der Waals surface area contributed by atoms with Gasteiger partial charge in [0.25, 0.3) is 0 Å². The van der Waals surface area contributed by atoms with Gasteiger partial charge in [0.15, 0.2) is 0 Å². The molecule has 0 aromatic heterocycles. The van der Waals surface area contributed by atoms with Gasteiger partial charge in [0.2, 0.25) is 0 Å². The molecule has 0 atom stereocenters. The first-order valence-corrected chi connectivity index (χ1v) is 5.75. The van der Waals surface area contributed by atoms with E-state index in [1.54, 1.807) is 0 Å². The molecule has 19 heavy (non-hydrogen) atoms. The minimum Gasteiger partial charge on any atom is -0.478 e. The van der Waals surface area contributed by atoms with Gasteiger partial charge >= 0.3 is 17.9 Å². The Morgan fingerprint density at radius 2 is 1.74 bits per heavy atom. The molecule has 0 aliphatic heterocycles. The van der Waals surface area contributed by atoms with Crippen LogP contribution in [0.2, 0.25) is 0 Å². The van der Waals surface area contributed by atoms with Crippen LogP contribution in [0.25, 0.3) is 0 Å². The van der Waals surface area contributed by atoms with E-state index in [1.165, 1.54) is 6.07 Å². The summed E-state index contributed by atoms with van der Waals surface area (Å²) in [7, 11) is 0. The number of hydrogen-bond donors (Lipinski definition) is 2. The summed E-state index contributed by atoms with van der Waals surface area (Å²) in [6.45, 7) is 2.19. The Morgan fingerprint density at radius 3 is 2.26 bits per heavy atom. The van der Waals surface area contributed by atoms with Crippen LogP contribution in [0.1, 0.15) is 50.8 Å². The van der Waals surface area contributed by atoms with Crippen LogP contribution in [-0.4, -0.2) is 34.7 Å². The van der Waals surface area contributed by atoms with E-state index in [1.807, 2.05) is 6.92 Å². The molecule has 0 spiro atoms. The highest BCUT2D eigenvalue weighted by atomic mass is 16.5. The Bertz CT molecular complexity index is 506. The number of esters is 1. The number of unbranched alkanes of at least 4 members (excludes halogenated alkanes) is 1. The van der Waals surface area contributed by atoms with Crippen molar-refractivity contribution in [1.82, 2.24) is 0 Å². The molecule has 0 saturated heterocycles. The highest BCUT2D eigenvalue weighted by molar-refractivity contribution is 6.03. The Labute approximate surface area is 109 Å². The minimum atomic E-state index is -1.40. The summed E-state index contributed by atoms with van der Waals surface area (Å²) in [5.74, 6) is -3.42. The van der Waals surface area contributed by atoms with Crippen molar-refractivity contribution in [3.05, 3.63) is 34.9 Å². The number of benzene rings is 1. The number of carbonyl (C=O) groups excluding carboxylic acids is 1. The first kappa shape index (κ1) is 14.7. The number of aromatic carboxylic acids is 2. The van der Waals surface area contributed by atoms with Crippen LogP contribution in [0.4, 0.5) is 0 Å². The molecule has 0 radical (unpaired) electrons. The molecule has 0 aliphatic carbocycles. The van der Waals surface area contributed by atoms with Crippen LogP contribution in [0, 0.1) is 0 Å². The standard InChI is InChI=1S/C13H14O6/c1-2-3-6-19-13(18)8-4-5-9(11(14)15)10(7-8)12(16)17/h4-5,7H,2-3,6H2,1H3,(H,14,15)(H,16,17). The normalized spacial score (nSPS) is 9.95. The van der Waals surface area contributed by atoms with Crippen LogP contribution >= 0.6 is 0 Å². The van der Waals surface area contributed by atoms with Gasteiger partial charge in [-0.2, -0.15) is 0 Å². The van der Waals surface area contributed by atoms with E-state index < -0.39 is 23.5 Å². The SMILES string of the molecule is CCCCOC(=O)c1ccc(C(=O)O)c(C(=O)O)c1. The largest absolute Gasteiger partial charge is 0.478 e. The minimum absolute atomic E-state index is 0.0264. The van der Waals surface area contributed by atoms with Crippen molar-refractivity contribution in [2.45, 2.75) is 19.8 Å². The maximum absolute atomic E-state index is 11.6. The molecule has 0 bridgehead atoms. The van der Waals surface area contributed by atoms with Crippen molar-refractivity contribution < 1.29 is 29.3 Å². The van der Waals surface area contributed by atoms with Crippen LogP contribution in [0.3, 0.4) is 0 Å². The molecule has 6 nitrogen and oxygen atoms in total. The zero-order valence-electron chi connectivity index (χ0n) is 10.4. The maximum Gasteiger partial charge on any atom is 0.338 e. The molecule has 1 aromatic carbocycles. The molecule has 6 heteroatoms. The number of hydrogen-bond acceptors (Lipinski definition) is 4. The number of carbonyl (C=O) groups is 3. The van der Waals surface area contributed by atoms with E-state index in [0.717, 1.165) is 18.6 Å². The maximum atomic E-state index is 11.6. The van der Waals surface area contributed by atoms with Gasteiger partial charge in [0.1, 0.15) is 0 Å². The van der Waals surface area contributed by atoms with E-state index in [2.05, 4.69) is 0 Å². The van der Waals surface area contributed by atoms with E-state index in [-0.39, 0.29) is 17.7 Å². The van der Waals surface area contributed by atoms with Crippen molar-refractivity contribution in [3.8, 4) is 0 Å². The van der Waals surface area contributed by atoms with E-state index >= 15 is 0 Å². The summed E-state index contributed by atoms with van der Waals surface area (Å²) >= 11 is 0. The first-order chi connectivity index (χ1) is 8.97. The molecule has 0 heterocycles. The zero-order valence-corrected chi connectivity index (χ0v) is 10.4. The number of rotatable bonds is 6. The molecule has 0 fully saturated rings. The first-order valence-electron chi connectivity index (χ1n) is 5.75. The Hall–Kier alpha value is -2.37. The summed E-state index contributed by atoms with van der Waals surface area (Å²) in [4.78, 5) is 33.4. The molecule has 1 rings (SSSR count). The number of carboxylic acid groups (broad SMARTS) is 2. The van der Waals surface area contributed by atoms with Crippen LogP contribution in [0.15, 0.2) is 18.2 Å². The third-order valence-corrected chi connectivity index (χ3v) is 2.45. The highest BCUT2D eigenvalue weighted by Crippen LogP contribution is 2.14. The third kappa shape index (κ3) is 3.80. The summed E-state index contributed by atoms with van der Waals surface area (Å²) in [6, 6.07) is 3.34. The van der Waals surface area contributed by atoms with E-state index in [9.17, 15) is 14.4 Å². The van der Waals surface area contributed by atoms with Gasteiger partial charge in [-0.25, -0.2) is 14.4 Å². The second kappa shape index (κ2) is 6.53. The van der Waals surface area contributed by atoms with Gasteiger partial charge in [-0.3, -0.25) is 0 Å². The van der Waals surface area contributed by atoms with E-state index in [4.69, 9.17) is 14.9 Å². The topological polar surface area (TPSA) is 101 Å². The van der Waals surface area contributed by atoms with Crippen molar-refractivity contribution in [2.24, 2.45) is 0 Å². The Balaban J connectivity index is 2.98. The van der Waals surface area contributed by atoms with Crippen LogP contribution in [-0.2, 0) is 4.74 Å². The monoisotopic (exact) mass is 266 g/mol. The quantitative estimate of drug-likeness (QED) is 0.603. The summed E-state index contributed by atoms with van der Waals surface area (Å²) in [6.07, 6.45) is 1.58. The second-order valence-corrected chi connectivity index (χ2v) is 3.86. The fourth-order valence-corrected chi connectivity index (χ4v) is 1.43. The summed E-state index contributed by atoms with van der Waals surface area (Å²) in [5, 5.41) is 17.8.